The molecule has 0 aliphatic rings. The van der Waals surface area contributed by atoms with Crippen molar-refractivity contribution in [2.45, 2.75) is 12.5 Å². The average molecular weight is 321 g/mol. The third kappa shape index (κ3) is 4.06. The van der Waals surface area contributed by atoms with Crippen molar-refractivity contribution < 1.29 is 31.1 Å². The van der Waals surface area contributed by atoms with Gasteiger partial charge in [-0.05, 0) is 35.4 Å². The molecule has 0 aromatic heterocycles. The minimum absolute atomic E-state index is 0.0610. The van der Waals surface area contributed by atoms with E-state index >= 15 is 0 Å². The number of rotatable bonds is 2. The average Bonchev–Trinajstić information content (AvgIpc) is 2.35. The van der Waals surface area contributed by atoms with Gasteiger partial charge in [-0.2, -0.15) is 13.2 Å². The number of nitrogen functional groups attached to an aromatic ring is 1. The Bertz CT molecular complexity index is 678. The fourth-order valence-electron chi connectivity index (χ4n) is 1.86. The van der Waals surface area contributed by atoms with Gasteiger partial charge in [-0.1, -0.05) is 12.1 Å². The van der Waals surface area contributed by atoms with E-state index in [0.29, 0.717) is 0 Å². The van der Waals surface area contributed by atoms with Crippen molar-refractivity contribution >= 4 is 5.69 Å². The zero-order valence-corrected chi connectivity index (χ0v) is 10.8. The summed E-state index contributed by atoms with van der Waals surface area (Å²) in [5.41, 5.74) is 4.66. The molecule has 0 saturated heterocycles. The van der Waals surface area contributed by atoms with E-state index in [4.69, 9.17) is 5.73 Å². The molecular formula is C14H9F6NO. The Balaban J connectivity index is 2.45. The smallest absolute Gasteiger partial charge is 0.406 e. The molecule has 0 unspecified atom stereocenters. The number of halogens is 6. The van der Waals surface area contributed by atoms with Crippen LogP contribution in [0.3, 0.4) is 0 Å². The van der Waals surface area contributed by atoms with Gasteiger partial charge in [-0.15, -0.1) is 13.2 Å². The molecule has 2 rings (SSSR count). The predicted molar refractivity (Wildman–Crippen MR) is 68.0 cm³/mol. The van der Waals surface area contributed by atoms with Crippen molar-refractivity contribution in [3.8, 4) is 16.9 Å². The molecule has 0 bridgehead atoms. The zero-order chi connectivity index (χ0) is 16.5. The largest absolute Gasteiger partial charge is 0.573 e. The van der Waals surface area contributed by atoms with E-state index in [9.17, 15) is 26.3 Å². The number of hydrogen-bond acceptors (Lipinski definition) is 2. The van der Waals surface area contributed by atoms with Crippen LogP contribution in [0.4, 0.5) is 32.0 Å². The first-order valence-corrected chi connectivity index (χ1v) is 5.88. The molecule has 0 amide bonds. The Hall–Kier alpha value is -2.38. The van der Waals surface area contributed by atoms with Crippen LogP contribution >= 0.6 is 0 Å². The number of alkyl halides is 6. The van der Waals surface area contributed by atoms with Gasteiger partial charge in [0.1, 0.15) is 5.75 Å². The van der Waals surface area contributed by atoms with Gasteiger partial charge in [0.25, 0.3) is 0 Å². The van der Waals surface area contributed by atoms with Crippen LogP contribution in [-0.4, -0.2) is 6.36 Å². The molecule has 22 heavy (non-hydrogen) atoms. The second-order valence-corrected chi connectivity index (χ2v) is 4.42. The SMILES string of the molecule is Nc1cc(OC(F)(F)F)cc(-c2cccc(C(F)(F)F)c2)c1. The van der Waals surface area contributed by atoms with Crippen LogP contribution in [0.1, 0.15) is 5.56 Å². The van der Waals surface area contributed by atoms with Crippen LogP contribution in [0.15, 0.2) is 42.5 Å². The normalized spacial score (nSPS) is 12.3. The first-order valence-electron chi connectivity index (χ1n) is 5.88. The Labute approximate surface area is 121 Å². The molecule has 0 atom stereocenters. The summed E-state index contributed by atoms with van der Waals surface area (Å²) in [5, 5.41) is 0. The maximum atomic E-state index is 12.7. The summed E-state index contributed by atoms with van der Waals surface area (Å²) in [6.45, 7) is 0. The maximum absolute atomic E-state index is 12.7. The molecule has 0 fully saturated rings. The molecule has 2 N–H and O–H groups in total. The highest BCUT2D eigenvalue weighted by Gasteiger charge is 2.32. The highest BCUT2D eigenvalue weighted by molar-refractivity contribution is 5.70. The standard InChI is InChI=1S/C14H9F6NO/c15-13(16,17)10-3-1-2-8(4-10)9-5-11(21)7-12(6-9)22-14(18,19)20/h1-7H,21H2. The Morgan fingerprint density at radius 2 is 1.50 bits per heavy atom. The Kier molecular flexibility index (Phi) is 3.95. The van der Waals surface area contributed by atoms with E-state index in [0.717, 1.165) is 30.3 Å². The lowest BCUT2D eigenvalue weighted by atomic mass is 10.0. The number of nitrogens with two attached hydrogens (primary N) is 1. The van der Waals surface area contributed by atoms with Gasteiger partial charge in [0.05, 0.1) is 5.56 Å². The molecule has 0 saturated carbocycles. The van der Waals surface area contributed by atoms with Gasteiger partial charge in [-0.3, -0.25) is 0 Å². The van der Waals surface area contributed by atoms with Crippen molar-refractivity contribution in [2.75, 3.05) is 5.73 Å². The summed E-state index contributed by atoms with van der Waals surface area (Å²) < 4.78 is 78.4. The van der Waals surface area contributed by atoms with E-state index in [-0.39, 0.29) is 16.8 Å². The highest BCUT2D eigenvalue weighted by Crippen LogP contribution is 2.34. The van der Waals surface area contributed by atoms with E-state index in [1.165, 1.54) is 12.1 Å². The van der Waals surface area contributed by atoms with Gasteiger partial charge in [-0.25, -0.2) is 0 Å². The quantitative estimate of drug-likeness (QED) is 0.634. The molecule has 8 heteroatoms. The molecule has 0 heterocycles. The van der Waals surface area contributed by atoms with Gasteiger partial charge in [0.15, 0.2) is 0 Å². The molecular weight excluding hydrogens is 312 g/mol. The monoisotopic (exact) mass is 321 g/mol. The summed E-state index contributed by atoms with van der Waals surface area (Å²) in [4.78, 5) is 0. The van der Waals surface area contributed by atoms with Crippen LogP contribution in [0, 0.1) is 0 Å². The summed E-state index contributed by atoms with van der Waals surface area (Å²) in [6.07, 6.45) is -9.47. The van der Waals surface area contributed by atoms with Crippen molar-refractivity contribution in [3.05, 3.63) is 48.0 Å². The van der Waals surface area contributed by atoms with Gasteiger partial charge in [0, 0.05) is 11.8 Å². The summed E-state index contributed by atoms with van der Waals surface area (Å²) in [5.74, 6) is -0.597. The van der Waals surface area contributed by atoms with Gasteiger partial charge < -0.3 is 10.5 Å². The topological polar surface area (TPSA) is 35.2 Å². The number of anilines is 1. The number of benzene rings is 2. The first-order chi connectivity index (χ1) is 10.0. The number of ether oxygens (including phenoxy) is 1. The van der Waals surface area contributed by atoms with Gasteiger partial charge >= 0.3 is 12.5 Å². The van der Waals surface area contributed by atoms with E-state index in [1.54, 1.807) is 0 Å². The van der Waals surface area contributed by atoms with Crippen molar-refractivity contribution in [2.24, 2.45) is 0 Å². The molecule has 0 aliphatic carbocycles. The second-order valence-electron chi connectivity index (χ2n) is 4.42. The predicted octanol–water partition coefficient (Wildman–Crippen LogP) is 4.85. The molecule has 0 spiro atoms. The van der Waals surface area contributed by atoms with E-state index in [2.05, 4.69) is 4.74 Å². The molecule has 2 aromatic rings. The lowest BCUT2D eigenvalue weighted by Crippen LogP contribution is -2.17. The van der Waals surface area contributed by atoms with Crippen LogP contribution in [-0.2, 0) is 6.18 Å². The molecule has 2 aromatic carbocycles. The van der Waals surface area contributed by atoms with E-state index < -0.39 is 23.9 Å². The van der Waals surface area contributed by atoms with Gasteiger partial charge in [0.2, 0.25) is 0 Å². The molecule has 118 valence electrons. The Morgan fingerprint density at radius 1 is 0.818 bits per heavy atom. The highest BCUT2D eigenvalue weighted by atomic mass is 19.4. The molecule has 0 radical (unpaired) electrons. The van der Waals surface area contributed by atoms with Crippen molar-refractivity contribution in [1.82, 2.24) is 0 Å². The minimum atomic E-state index is -4.92. The maximum Gasteiger partial charge on any atom is 0.573 e. The van der Waals surface area contributed by atoms with Crippen LogP contribution in [0.2, 0.25) is 0 Å². The van der Waals surface area contributed by atoms with Crippen LogP contribution in [0.5, 0.6) is 5.75 Å². The lowest BCUT2D eigenvalue weighted by molar-refractivity contribution is -0.274. The van der Waals surface area contributed by atoms with E-state index in [1.807, 2.05) is 0 Å². The minimum Gasteiger partial charge on any atom is -0.406 e. The molecule has 2 nitrogen and oxygen atoms in total. The summed E-state index contributed by atoms with van der Waals surface area (Å²) >= 11 is 0. The number of hydrogen-bond donors (Lipinski definition) is 1. The zero-order valence-electron chi connectivity index (χ0n) is 10.8. The van der Waals surface area contributed by atoms with Crippen molar-refractivity contribution in [1.29, 1.82) is 0 Å². The van der Waals surface area contributed by atoms with Crippen LogP contribution < -0.4 is 10.5 Å². The second kappa shape index (κ2) is 5.43. The first kappa shape index (κ1) is 16.0. The fourth-order valence-corrected chi connectivity index (χ4v) is 1.86. The third-order valence-corrected chi connectivity index (χ3v) is 2.69. The van der Waals surface area contributed by atoms with Crippen molar-refractivity contribution in [3.63, 3.8) is 0 Å². The summed E-state index contributed by atoms with van der Waals surface area (Å²) in [6, 6.07) is 7.35. The van der Waals surface area contributed by atoms with Crippen LogP contribution in [0.25, 0.3) is 11.1 Å². The molecule has 0 aliphatic heterocycles. The third-order valence-electron chi connectivity index (χ3n) is 2.69. The summed E-state index contributed by atoms with van der Waals surface area (Å²) in [7, 11) is 0. The fraction of sp³-hybridized carbons (Fsp3) is 0.143. The lowest BCUT2D eigenvalue weighted by Gasteiger charge is -2.12. The Morgan fingerprint density at radius 3 is 2.09 bits per heavy atom.